The molecule has 1 N–H and O–H groups in total. The number of carboxylic acid groups (broad SMARTS) is 1. The van der Waals surface area contributed by atoms with Crippen LogP contribution in [-0.4, -0.2) is 17.7 Å². The zero-order valence-corrected chi connectivity index (χ0v) is 10.9. The fraction of sp³-hybridized carbons (Fsp3) is 0.500. The molecule has 0 amide bonds. The first-order chi connectivity index (χ1) is 7.80. The molecule has 0 saturated heterocycles. The summed E-state index contributed by atoms with van der Waals surface area (Å²) in [5, 5.41) is 9.16. The molecule has 0 aromatic heterocycles. The van der Waals surface area contributed by atoms with Crippen molar-refractivity contribution < 1.29 is 14.6 Å². The zero-order chi connectivity index (χ0) is 13.1. The molecule has 0 fully saturated rings. The molecule has 17 heavy (non-hydrogen) atoms. The molecule has 0 aliphatic carbocycles. The lowest BCUT2D eigenvalue weighted by Gasteiger charge is -2.26. The van der Waals surface area contributed by atoms with Gasteiger partial charge in [-0.15, -0.1) is 0 Å². The predicted molar refractivity (Wildman–Crippen MR) is 67.3 cm³/mol. The summed E-state index contributed by atoms with van der Waals surface area (Å²) in [6, 6.07) is 7.62. The molecule has 1 aromatic rings. The number of aliphatic carboxylic acids is 1. The van der Waals surface area contributed by atoms with Crippen LogP contribution in [0.25, 0.3) is 0 Å². The first-order valence-electron chi connectivity index (χ1n) is 5.73. The minimum Gasteiger partial charge on any atom is -0.493 e. The van der Waals surface area contributed by atoms with E-state index in [1.807, 2.05) is 52.0 Å². The van der Waals surface area contributed by atoms with Gasteiger partial charge in [-0.3, -0.25) is 4.79 Å². The van der Waals surface area contributed by atoms with E-state index >= 15 is 0 Å². The quantitative estimate of drug-likeness (QED) is 0.873. The van der Waals surface area contributed by atoms with E-state index in [4.69, 9.17) is 9.84 Å². The van der Waals surface area contributed by atoms with E-state index in [0.29, 0.717) is 0 Å². The molecule has 1 rings (SSSR count). The average Bonchev–Trinajstić information content (AvgIpc) is 2.15. The minimum atomic E-state index is -0.815. The van der Waals surface area contributed by atoms with Crippen LogP contribution in [0, 0.1) is 18.3 Å². The molecule has 0 saturated carbocycles. The van der Waals surface area contributed by atoms with Crippen molar-refractivity contribution in [2.75, 3.05) is 6.61 Å². The number of rotatable bonds is 4. The van der Waals surface area contributed by atoms with Crippen molar-refractivity contribution in [3.05, 3.63) is 29.8 Å². The van der Waals surface area contributed by atoms with Crippen LogP contribution >= 0.6 is 0 Å². The van der Waals surface area contributed by atoms with Gasteiger partial charge in [0.05, 0.1) is 5.92 Å². The first kappa shape index (κ1) is 13.6. The Labute approximate surface area is 102 Å². The molecule has 0 bridgehead atoms. The molecule has 0 aliphatic heterocycles. The number of benzene rings is 1. The van der Waals surface area contributed by atoms with Crippen molar-refractivity contribution in [3.63, 3.8) is 0 Å². The van der Waals surface area contributed by atoms with Crippen molar-refractivity contribution in [3.8, 4) is 5.75 Å². The summed E-state index contributed by atoms with van der Waals surface area (Å²) in [7, 11) is 0. The highest BCUT2D eigenvalue weighted by Gasteiger charge is 2.31. The summed E-state index contributed by atoms with van der Waals surface area (Å²) < 4.78 is 5.56. The zero-order valence-electron chi connectivity index (χ0n) is 10.9. The van der Waals surface area contributed by atoms with E-state index in [1.54, 1.807) is 0 Å². The van der Waals surface area contributed by atoms with Gasteiger partial charge in [-0.25, -0.2) is 0 Å². The number of ether oxygens (including phenoxy) is 1. The van der Waals surface area contributed by atoms with Gasteiger partial charge in [0.1, 0.15) is 12.4 Å². The van der Waals surface area contributed by atoms with Gasteiger partial charge in [0, 0.05) is 0 Å². The van der Waals surface area contributed by atoms with E-state index in [0.717, 1.165) is 11.3 Å². The summed E-state index contributed by atoms with van der Waals surface area (Å²) in [6.45, 7) is 7.90. The second kappa shape index (κ2) is 5.21. The van der Waals surface area contributed by atoms with E-state index in [9.17, 15) is 4.79 Å². The minimum absolute atomic E-state index is 0.197. The van der Waals surface area contributed by atoms with E-state index < -0.39 is 11.9 Å². The molecule has 1 unspecified atom stereocenters. The lowest BCUT2D eigenvalue weighted by molar-refractivity contribution is -0.146. The molecule has 3 heteroatoms. The maximum absolute atomic E-state index is 11.2. The van der Waals surface area contributed by atoms with Gasteiger partial charge in [-0.2, -0.15) is 0 Å². The van der Waals surface area contributed by atoms with Crippen LogP contribution in [0.5, 0.6) is 5.75 Å². The molecule has 94 valence electrons. The second-order valence-electron chi connectivity index (χ2n) is 5.38. The highest BCUT2D eigenvalue weighted by atomic mass is 16.5. The van der Waals surface area contributed by atoms with Crippen LogP contribution in [0.4, 0.5) is 0 Å². The van der Waals surface area contributed by atoms with Gasteiger partial charge in [0.25, 0.3) is 0 Å². The first-order valence-corrected chi connectivity index (χ1v) is 5.73. The standard InChI is InChI=1S/C14H20O3/c1-10-6-5-7-11(8-10)17-9-12(13(15)16)14(2,3)4/h5-8,12H,9H2,1-4H3,(H,15,16). The topological polar surface area (TPSA) is 46.5 Å². The Balaban J connectivity index is 2.68. The molecule has 1 atom stereocenters. The van der Waals surface area contributed by atoms with Gasteiger partial charge in [-0.05, 0) is 30.0 Å². The highest BCUT2D eigenvalue weighted by molar-refractivity contribution is 5.71. The van der Waals surface area contributed by atoms with Crippen LogP contribution in [0.1, 0.15) is 26.3 Å². The molecule has 0 heterocycles. The molecule has 0 radical (unpaired) electrons. The van der Waals surface area contributed by atoms with Crippen LogP contribution in [0.15, 0.2) is 24.3 Å². The summed E-state index contributed by atoms with van der Waals surface area (Å²) in [6.07, 6.45) is 0. The van der Waals surface area contributed by atoms with Crippen molar-refractivity contribution in [1.82, 2.24) is 0 Å². The fourth-order valence-electron chi connectivity index (χ4n) is 1.58. The summed E-state index contributed by atoms with van der Waals surface area (Å²) in [4.78, 5) is 11.2. The number of hydrogen-bond donors (Lipinski definition) is 1. The fourth-order valence-corrected chi connectivity index (χ4v) is 1.58. The number of aryl methyl sites for hydroxylation is 1. The Bertz CT molecular complexity index is 391. The maximum Gasteiger partial charge on any atom is 0.310 e. The smallest absolute Gasteiger partial charge is 0.310 e. The summed E-state index contributed by atoms with van der Waals surface area (Å²) in [5.41, 5.74) is 0.792. The third-order valence-electron chi connectivity index (χ3n) is 2.75. The normalized spacial score (nSPS) is 13.2. The van der Waals surface area contributed by atoms with Crippen molar-refractivity contribution >= 4 is 5.97 Å². The van der Waals surface area contributed by atoms with Gasteiger partial charge in [-0.1, -0.05) is 32.9 Å². The molecule has 3 nitrogen and oxygen atoms in total. The Hall–Kier alpha value is -1.51. The van der Waals surface area contributed by atoms with E-state index in [2.05, 4.69) is 0 Å². The van der Waals surface area contributed by atoms with Crippen LogP contribution in [0.3, 0.4) is 0 Å². The monoisotopic (exact) mass is 236 g/mol. The van der Waals surface area contributed by atoms with Crippen molar-refractivity contribution in [2.24, 2.45) is 11.3 Å². The number of hydrogen-bond acceptors (Lipinski definition) is 2. The Morgan fingerprint density at radius 2 is 2.06 bits per heavy atom. The predicted octanol–water partition coefficient (Wildman–Crippen LogP) is 3.12. The summed E-state index contributed by atoms with van der Waals surface area (Å²) >= 11 is 0. The molecule has 0 aliphatic rings. The Morgan fingerprint density at radius 3 is 2.53 bits per heavy atom. The van der Waals surface area contributed by atoms with Crippen LogP contribution < -0.4 is 4.74 Å². The van der Waals surface area contributed by atoms with Crippen LogP contribution in [0.2, 0.25) is 0 Å². The molecule has 0 spiro atoms. The lowest BCUT2D eigenvalue weighted by Crippen LogP contribution is -2.33. The van der Waals surface area contributed by atoms with Gasteiger partial charge >= 0.3 is 5.97 Å². The van der Waals surface area contributed by atoms with Gasteiger partial charge in [0.2, 0.25) is 0 Å². The van der Waals surface area contributed by atoms with Crippen molar-refractivity contribution in [1.29, 1.82) is 0 Å². The molecular weight excluding hydrogens is 216 g/mol. The van der Waals surface area contributed by atoms with E-state index in [-0.39, 0.29) is 12.0 Å². The third-order valence-corrected chi connectivity index (χ3v) is 2.75. The SMILES string of the molecule is Cc1cccc(OCC(C(=O)O)C(C)(C)C)c1. The van der Waals surface area contributed by atoms with Crippen LogP contribution in [-0.2, 0) is 4.79 Å². The Morgan fingerprint density at radius 1 is 1.41 bits per heavy atom. The number of carboxylic acids is 1. The van der Waals surface area contributed by atoms with E-state index in [1.165, 1.54) is 0 Å². The lowest BCUT2D eigenvalue weighted by atomic mass is 9.81. The van der Waals surface area contributed by atoms with Gasteiger partial charge in [0.15, 0.2) is 0 Å². The highest BCUT2D eigenvalue weighted by Crippen LogP contribution is 2.27. The van der Waals surface area contributed by atoms with Gasteiger partial charge < -0.3 is 9.84 Å². The molecule has 1 aromatic carbocycles. The number of carbonyl (C=O) groups is 1. The maximum atomic E-state index is 11.2. The van der Waals surface area contributed by atoms with Crippen molar-refractivity contribution in [2.45, 2.75) is 27.7 Å². The molecular formula is C14H20O3. The second-order valence-corrected chi connectivity index (χ2v) is 5.38. The largest absolute Gasteiger partial charge is 0.493 e. The average molecular weight is 236 g/mol. The third kappa shape index (κ3) is 4.10. The Kier molecular flexibility index (Phi) is 4.16. The summed E-state index contributed by atoms with van der Waals surface area (Å²) in [5.74, 6) is -0.603.